The van der Waals surface area contributed by atoms with Crippen LogP contribution in [0.2, 0.25) is 0 Å². The number of rotatable bonds is 6. The number of hydrogen-bond donors (Lipinski definition) is 2. The number of nitrogens with zero attached hydrogens (tertiary/aromatic N) is 3. The Kier molecular flexibility index (Phi) is 5.43. The first-order chi connectivity index (χ1) is 12.5. The number of carbonyl (C=O) groups is 1. The average Bonchev–Trinajstić information content (AvgIpc) is 3.16. The molecular formula is C18H19N5OS2. The van der Waals surface area contributed by atoms with Gasteiger partial charge in [-0.2, -0.15) is 5.10 Å². The Hall–Kier alpha value is -2.58. The highest BCUT2D eigenvalue weighted by atomic mass is 32.1. The SMILES string of the molecule is C=CCn1c(Cc2csc(NC(=O)c3ccc(C)cc3C)n2)n[nH]c1=S. The molecule has 26 heavy (non-hydrogen) atoms. The molecule has 0 spiro atoms. The van der Waals surface area contributed by atoms with E-state index < -0.39 is 0 Å². The largest absolute Gasteiger partial charge is 0.300 e. The van der Waals surface area contributed by atoms with Gasteiger partial charge >= 0.3 is 0 Å². The molecule has 0 fully saturated rings. The van der Waals surface area contributed by atoms with Crippen LogP contribution in [0, 0.1) is 18.6 Å². The highest BCUT2D eigenvalue weighted by Crippen LogP contribution is 2.20. The number of anilines is 1. The van der Waals surface area contributed by atoms with Crippen molar-refractivity contribution in [2.45, 2.75) is 26.8 Å². The molecule has 0 unspecified atom stereocenters. The summed E-state index contributed by atoms with van der Waals surface area (Å²) < 4.78 is 2.42. The van der Waals surface area contributed by atoms with Crippen LogP contribution in [0.1, 0.15) is 33.0 Å². The standard InChI is InChI=1S/C18H19N5OS2/c1-4-7-23-15(21-22-18(23)25)9-13-10-26-17(19-13)20-16(24)14-6-5-11(2)8-12(14)3/h4-6,8,10H,1,7,9H2,2-3H3,(H,22,25)(H,19,20,24). The maximum atomic E-state index is 12.5. The van der Waals surface area contributed by atoms with E-state index in [2.05, 4.69) is 27.1 Å². The molecule has 0 aliphatic rings. The van der Waals surface area contributed by atoms with Gasteiger partial charge in [-0.1, -0.05) is 23.8 Å². The molecule has 3 aromatic rings. The molecule has 3 rings (SSSR count). The Balaban J connectivity index is 1.73. The van der Waals surface area contributed by atoms with E-state index in [4.69, 9.17) is 12.2 Å². The van der Waals surface area contributed by atoms with Crippen LogP contribution in [0.25, 0.3) is 0 Å². The van der Waals surface area contributed by atoms with Crippen LogP contribution in [0.4, 0.5) is 5.13 Å². The summed E-state index contributed by atoms with van der Waals surface area (Å²) in [6.45, 7) is 8.25. The number of aromatic amines is 1. The molecule has 0 bridgehead atoms. The van der Waals surface area contributed by atoms with Crippen molar-refractivity contribution >= 4 is 34.6 Å². The highest BCUT2D eigenvalue weighted by molar-refractivity contribution is 7.71. The Morgan fingerprint density at radius 3 is 3.00 bits per heavy atom. The summed E-state index contributed by atoms with van der Waals surface area (Å²) >= 11 is 6.60. The minimum Gasteiger partial charge on any atom is -0.300 e. The molecular weight excluding hydrogens is 366 g/mol. The van der Waals surface area contributed by atoms with E-state index in [0.717, 1.165) is 22.6 Å². The van der Waals surface area contributed by atoms with Gasteiger partial charge in [-0.25, -0.2) is 4.98 Å². The molecule has 2 heterocycles. The summed E-state index contributed by atoms with van der Waals surface area (Å²) in [5.41, 5.74) is 3.55. The molecule has 1 aromatic carbocycles. The lowest BCUT2D eigenvalue weighted by atomic mass is 10.1. The van der Waals surface area contributed by atoms with E-state index in [1.165, 1.54) is 11.3 Å². The second-order valence-electron chi connectivity index (χ2n) is 5.94. The number of hydrogen-bond acceptors (Lipinski definition) is 5. The predicted octanol–water partition coefficient (Wildman–Crippen LogP) is 4.04. The molecule has 2 N–H and O–H groups in total. The third kappa shape index (κ3) is 3.97. The fourth-order valence-corrected chi connectivity index (χ4v) is 3.57. The molecule has 134 valence electrons. The van der Waals surface area contributed by atoms with Crippen LogP contribution in [-0.2, 0) is 13.0 Å². The smallest absolute Gasteiger partial charge is 0.257 e. The third-order valence-electron chi connectivity index (χ3n) is 3.89. The number of H-pyrrole nitrogens is 1. The summed E-state index contributed by atoms with van der Waals surface area (Å²) in [7, 11) is 0. The second kappa shape index (κ2) is 7.76. The molecule has 1 amide bonds. The van der Waals surface area contributed by atoms with Crippen molar-refractivity contribution in [2.75, 3.05) is 5.32 Å². The van der Waals surface area contributed by atoms with Gasteiger partial charge in [0.15, 0.2) is 9.90 Å². The fraction of sp³-hybridized carbons (Fsp3) is 0.222. The zero-order valence-electron chi connectivity index (χ0n) is 14.6. The lowest BCUT2D eigenvalue weighted by Crippen LogP contribution is -2.13. The normalized spacial score (nSPS) is 10.7. The van der Waals surface area contributed by atoms with Gasteiger partial charge in [0.2, 0.25) is 0 Å². The van der Waals surface area contributed by atoms with Crippen LogP contribution >= 0.6 is 23.6 Å². The van der Waals surface area contributed by atoms with Gasteiger partial charge in [-0.05, 0) is 37.7 Å². The number of aryl methyl sites for hydroxylation is 2. The van der Waals surface area contributed by atoms with Crippen LogP contribution in [-0.4, -0.2) is 25.7 Å². The first-order valence-corrected chi connectivity index (χ1v) is 9.34. The van der Waals surface area contributed by atoms with E-state index in [-0.39, 0.29) is 5.91 Å². The molecule has 0 radical (unpaired) electrons. The minimum absolute atomic E-state index is 0.155. The Labute approximate surface area is 160 Å². The quantitative estimate of drug-likeness (QED) is 0.496. The number of nitrogens with one attached hydrogen (secondary N) is 2. The van der Waals surface area contributed by atoms with Crippen LogP contribution < -0.4 is 5.32 Å². The Bertz CT molecular complexity index is 1010. The summed E-state index contributed by atoms with van der Waals surface area (Å²) in [4.78, 5) is 17.0. The molecule has 8 heteroatoms. The van der Waals surface area contributed by atoms with Crippen LogP contribution in [0.5, 0.6) is 0 Å². The van der Waals surface area contributed by atoms with Crippen molar-refractivity contribution in [1.29, 1.82) is 0 Å². The summed E-state index contributed by atoms with van der Waals surface area (Å²) in [6, 6.07) is 5.75. The van der Waals surface area contributed by atoms with Crippen LogP contribution in [0.15, 0.2) is 36.2 Å². The van der Waals surface area contributed by atoms with Gasteiger partial charge < -0.3 is 0 Å². The molecule has 0 atom stereocenters. The first-order valence-electron chi connectivity index (χ1n) is 8.06. The summed E-state index contributed by atoms with van der Waals surface area (Å²) in [6.07, 6.45) is 2.29. The summed E-state index contributed by atoms with van der Waals surface area (Å²) in [5, 5.41) is 12.4. The maximum absolute atomic E-state index is 12.5. The van der Waals surface area contributed by atoms with Gasteiger partial charge in [-0.3, -0.25) is 19.8 Å². The lowest BCUT2D eigenvalue weighted by molar-refractivity contribution is 0.102. The number of aromatic nitrogens is 4. The second-order valence-corrected chi connectivity index (χ2v) is 7.18. The number of benzene rings is 1. The van der Waals surface area contributed by atoms with E-state index in [1.54, 1.807) is 6.08 Å². The van der Waals surface area contributed by atoms with Gasteiger partial charge in [0.05, 0.1) is 12.1 Å². The van der Waals surface area contributed by atoms with Crippen molar-refractivity contribution in [3.8, 4) is 0 Å². The Morgan fingerprint density at radius 1 is 1.46 bits per heavy atom. The number of thiazole rings is 1. The lowest BCUT2D eigenvalue weighted by Gasteiger charge is -2.06. The van der Waals surface area contributed by atoms with Gasteiger partial charge in [0.1, 0.15) is 5.82 Å². The van der Waals surface area contributed by atoms with Crippen molar-refractivity contribution in [3.05, 3.63) is 69.2 Å². The Morgan fingerprint density at radius 2 is 2.27 bits per heavy atom. The van der Waals surface area contributed by atoms with Gasteiger partial charge in [0, 0.05) is 17.5 Å². The highest BCUT2D eigenvalue weighted by Gasteiger charge is 2.13. The van der Waals surface area contributed by atoms with E-state index >= 15 is 0 Å². The van der Waals surface area contributed by atoms with Crippen molar-refractivity contribution in [3.63, 3.8) is 0 Å². The number of amides is 1. The third-order valence-corrected chi connectivity index (χ3v) is 5.01. The fourth-order valence-electron chi connectivity index (χ4n) is 2.64. The molecule has 0 saturated heterocycles. The van der Waals surface area contributed by atoms with Gasteiger partial charge in [0.25, 0.3) is 5.91 Å². The zero-order valence-corrected chi connectivity index (χ0v) is 16.2. The first kappa shape index (κ1) is 18.2. The predicted molar refractivity (Wildman–Crippen MR) is 106 cm³/mol. The van der Waals surface area contributed by atoms with Crippen molar-refractivity contribution in [1.82, 2.24) is 19.7 Å². The molecule has 0 aliphatic carbocycles. The topological polar surface area (TPSA) is 75.6 Å². The van der Waals surface area contributed by atoms with E-state index in [9.17, 15) is 4.79 Å². The average molecular weight is 386 g/mol. The molecule has 0 aliphatic heterocycles. The monoisotopic (exact) mass is 385 g/mol. The molecule has 0 saturated carbocycles. The molecule has 2 aromatic heterocycles. The minimum atomic E-state index is -0.155. The number of allylic oxidation sites excluding steroid dienone is 1. The van der Waals surface area contributed by atoms with Crippen molar-refractivity contribution < 1.29 is 4.79 Å². The van der Waals surface area contributed by atoms with Crippen LogP contribution in [0.3, 0.4) is 0 Å². The number of carbonyl (C=O) groups excluding carboxylic acids is 1. The zero-order chi connectivity index (χ0) is 18.7. The maximum Gasteiger partial charge on any atom is 0.257 e. The molecule has 6 nitrogen and oxygen atoms in total. The summed E-state index contributed by atoms with van der Waals surface area (Å²) in [5.74, 6) is 0.630. The van der Waals surface area contributed by atoms with Crippen molar-refractivity contribution in [2.24, 2.45) is 0 Å². The van der Waals surface area contributed by atoms with Gasteiger partial charge in [-0.15, -0.1) is 17.9 Å². The van der Waals surface area contributed by atoms with E-state index in [1.807, 2.05) is 42.0 Å². The van der Waals surface area contributed by atoms with E-state index in [0.29, 0.717) is 28.4 Å².